The molecule has 1 amide bonds. The number of sulfone groups is 1. The van der Waals surface area contributed by atoms with E-state index in [1.165, 1.54) is 6.08 Å². The van der Waals surface area contributed by atoms with Gasteiger partial charge in [0, 0.05) is 23.0 Å². The van der Waals surface area contributed by atoms with Crippen molar-refractivity contribution >= 4 is 43.4 Å². The molecule has 1 aromatic carbocycles. The summed E-state index contributed by atoms with van der Waals surface area (Å²) in [6.07, 6.45) is 1.78. The summed E-state index contributed by atoms with van der Waals surface area (Å²) < 4.78 is 48.7. The molecule has 1 heterocycles. The maximum atomic E-state index is 12.4. The highest BCUT2D eigenvalue weighted by molar-refractivity contribution is 7.92. The van der Waals surface area contributed by atoms with Crippen molar-refractivity contribution in [1.29, 1.82) is 0 Å². The van der Waals surface area contributed by atoms with Crippen molar-refractivity contribution in [2.45, 2.75) is 19.4 Å². The van der Waals surface area contributed by atoms with Crippen LogP contribution in [0.2, 0.25) is 5.02 Å². The number of carbonyl (C=O) groups excluding carboxylic acids is 1. The molecule has 1 atom stereocenters. The Morgan fingerprint density at radius 3 is 2.54 bits per heavy atom. The van der Waals surface area contributed by atoms with Crippen LogP contribution < -0.4 is 5.32 Å². The molecule has 0 aliphatic carbocycles. The first-order chi connectivity index (χ1) is 12.1. The first kappa shape index (κ1) is 20.9. The Bertz CT molecular complexity index is 880. The minimum absolute atomic E-state index is 0.0393. The molecule has 1 N–H and O–H groups in total. The van der Waals surface area contributed by atoms with Gasteiger partial charge in [-0.25, -0.2) is 16.8 Å². The Morgan fingerprint density at radius 1 is 1.35 bits per heavy atom. The van der Waals surface area contributed by atoms with Gasteiger partial charge in [0.15, 0.2) is 9.84 Å². The van der Waals surface area contributed by atoms with Crippen molar-refractivity contribution in [2.24, 2.45) is 0 Å². The van der Waals surface area contributed by atoms with E-state index < -0.39 is 31.8 Å². The summed E-state index contributed by atoms with van der Waals surface area (Å²) in [6.45, 7) is 1.38. The van der Waals surface area contributed by atoms with Gasteiger partial charge in [0.25, 0.3) is 0 Å². The van der Waals surface area contributed by atoms with E-state index in [1.807, 2.05) is 0 Å². The first-order valence-electron chi connectivity index (χ1n) is 8.05. The van der Waals surface area contributed by atoms with Gasteiger partial charge in [-0.3, -0.25) is 4.79 Å². The molecule has 26 heavy (non-hydrogen) atoms. The monoisotopic (exact) mass is 420 g/mol. The molecule has 10 heteroatoms. The van der Waals surface area contributed by atoms with Crippen LogP contribution >= 0.6 is 11.6 Å². The van der Waals surface area contributed by atoms with Crippen LogP contribution in [0, 0.1) is 0 Å². The third kappa shape index (κ3) is 6.08. The standard InChI is InChI=1S/C16H21ClN2O5S2/c1-2-19(11-16(20)18-15-8-9-25(21,22)12-15)26(23,24)10-7-13-3-5-14(17)6-4-13/h3-7,10,15H,2,8-9,11-12H2,1H3,(H,18,20)/b10-7+/t15-/m1/s1. The number of rotatable bonds is 7. The summed E-state index contributed by atoms with van der Waals surface area (Å²) in [5, 5.41) is 4.17. The lowest BCUT2D eigenvalue weighted by Crippen LogP contribution is -2.44. The largest absolute Gasteiger partial charge is 0.351 e. The van der Waals surface area contributed by atoms with Crippen LogP contribution in [-0.2, 0) is 24.7 Å². The van der Waals surface area contributed by atoms with Crippen molar-refractivity contribution in [3.8, 4) is 0 Å². The smallest absolute Gasteiger partial charge is 0.236 e. The Labute approximate surface area is 159 Å². The van der Waals surface area contributed by atoms with Crippen LogP contribution in [0.5, 0.6) is 0 Å². The summed E-state index contributed by atoms with van der Waals surface area (Å²) in [6, 6.07) is 6.19. The van der Waals surface area contributed by atoms with Gasteiger partial charge >= 0.3 is 0 Å². The number of sulfonamides is 1. The normalized spacial score (nSPS) is 19.9. The van der Waals surface area contributed by atoms with Gasteiger partial charge in [0.05, 0.1) is 18.1 Å². The minimum Gasteiger partial charge on any atom is -0.351 e. The number of hydrogen-bond donors (Lipinski definition) is 1. The number of nitrogens with one attached hydrogen (secondary N) is 1. The summed E-state index contributed by atoms with van der Waals surface area (Å²) in [5.74, 6) is -0.580. The zero-order valence-electron chi connectivity index (χ0n) is 14.3. The fraction of sp³-hybridized carbons (Fsp3) is 0.438. The van der Waals surface area contributed by atoms with Crippen LogP contribution in [0.1, 0.15) is 18.9 Å². The van der Waals surface area contributed by atoms with E-state index in [0.29, 0.717) is 17.0 Å². The molecule has 0 spiro atoms. The Morgan fingerprint density at radius 2 is 2.00 bits per heavy atom. The van der Waals surface area contributed by atoms with Gasteiger partial charge in [-0.1, -0.05) is 30.7 Å². The number of benzene rings is 1. The first-order valence-corrected chi connectivity index (χ1v) is 11.7. The lowest BCUT2D eigenvalue weighted by molar-refractivity contribution is -0.121. The topological polar surface area (TPSA) is 101 Å². The highest BCUT2D eigenvalue weighted by Crippen LogP contribution is 2.13. The molecule has 0 radical (unpaired) electrons. The number of hydrogen-bond acceptors (Lipinski definition) is 5. The maximum absolute atomic E-state index is 12.4. The second-order valence-electron chi connectivity index (χ2n) is 5.99. The fourth-order valence-corrected chi connectivity index (χ4v) is 5.51. The number of halogens is 1. The predicted octanol–water partition coefficient (Wildman–Crippen LogP) is 1.27. The van der Waals surface area contributed by atoms with Gasteiger partial charge in [0.1, 0.15) is 0 Å². The van der Waals surface area contributed by atoms with E-state index in [2.05, 4.69) is 5.32 Å². The molecule has 144 valence electrons. The lowest BCUT2D eigenvalue weighted by Gasteiger charge is -2.19. The average Bonchev–Trinajstić information content (AvgIpc) is 2.90. The Balaban J connectivity index is 1.99. The van der Waals surface area contributed by atoms with Crippen LogP contribution in [0.4, 0.5) is 0 Å². The van der Waals surface area contributed by atoms with Crippen LogP contribution in [0.25, 0.3) is 6.08 Å². The van der Waals surface area contributed by atoms with E-state index >= 15 is 0 Å². The quantitative estimate of drug-likeness (QED) is 0.715. The van der Waals surface area contributed by atoms with Crippen molar-refractivity contribution in [1.82, 2.24) is 9.62 Å². The zero-order chi connectivity index (χ0) is 19.4. The van der Waals surface area contributed by atoms with Crippen molar-refractivity contribution < 1.29 is 21.6 Å². The van der Waals surface area contributed by atoms with E-state index in [9.17, 15) is 21.6 Å². The van der Waals surface area contributed by atoms with Crippen molar-refractivity contribution in [3.63, 3.8) is 0 Å². The van der Waals surface area contributed by atoms with Crippen LogP contribution in [0.3, 0.4) is 0 Å². The van der Waals surface area contributed by atoms with Gasteiger partial charge in [-0.15, -0.1) is 0 Å². The van der Waals surface area contributed by atoms with Gasteiger partial charge in [-0.2, -0.15) is 4.31 Å². The molecule has 2 rings (SSSR count). The SMILES string of the molecule is CCN(CC(=O)N[C@@H]1CCS(=O)(=O)C1)S(=O)(=O)/C=C/c1ccc(Cl)cc1. The molecule has 7 nitrogen and oxygen atoms in total. The molecule has 1 aromatic rings. The lowest BCUT2D eigenvalue weighted by atomic mass is 10.2. The van der Waals surface area contributed by atoms with E-state index in [0.717, 1.165) is 9.71 Å². The summed E-state index contributed by atoms with van der Waals surface area (Å²) in [4.78, 5) is 12.1. The molecule has 0 saturated carbocycles. The number of amides is 1. The van der Waals surface area contributed by atoms with E-state index in [4.69, 9.17) is 11.6 Å². The average molecular weight is 421 g/mol. The predicted molar refractivity (Wildman–Crippen MR) is 102 cm³/mol. The molecule has 0 unspecified atom stereocenters. The van der Waals surface area contributed by atoms with Gasteiger partial charge in [-0.05, 0) is 30.2 Å². The third-order valence-electron chi connectivity index (χ3n) is 3.93. The third-order valence-corrected chi connectivity index (χ3v) is 7.54. The van der Waals surface area contributed by atoms with Gasteiger partial charge < -0.3 is 5.32 Å². The summed E-state index contributed by atoms with van der Waals surface area (Å²) >= 11 is 5.79. The number of likely N-dealkylation sites (N-methyl/N-ethyl adjacent to an activating group) is 1. The number of carbonyl (C=O) groups is 1. The maximum Gasteiger partial charge on any atom is 0.236 e. The highest BCUT2D eigenvalue weighted by atomic mass is 35.5. The summed E-state index contributed by atoms with van der Waals surface area (Å²) in [7, 11) is -6.90. The number of nitrogens with zero attached hydrogens (tertiary/aromatic N) is 1. The molecule has 0 bridgehead atoms. The highest BCUT2D eigenvalue weighted by Gasteiger charge is 2.30. The fourth-order valence-electron chi connectivity index (χ4n) is 2.55. The molecular formula is C16H21ClN2O5S2. The van der Waals surface area contributed by atoms with E-state index in [1.54, 1.807) is 31.2 Å². The van der Waals surface area contributed by atoms with Crippen LogP contribution in [-0.4, -0.2) is 57.7 Å². The molecule has 1 aliphatic heterocycles. The second-order valence-corrected chi connectivity index (χ2v) is 10.5. The Hall–Kier alpha value is -1.42. The molecular weight excluding hydrogens is 400 g/mol. The molecule has 1 fully saturated rings. The molecule has 1 aliphatic rings. The van der Waals surface area contributed by atoms with Crippen molar-refractivity contribution in [2.75, 3.05) is 24.6 Å². The van der Waals surface area contributed by atoms with E-state index in [-0.39, 0.29) is 24.6 Å². The zero-order valence-corrected chi connectivity index (χ0v) is 16.6. The van der Waals surface area contributed by atoms with Crippen molar-refractivity contribution in [3.05, 3.63) is 40.3 Å². The second kappa shape index (κ2) is 8.51. The van der Waals surface area contributed by atoms with Gasteiger partial charge in [0.2, 0.25) is 15.9 Å². The minimum atomic E-state index is -3.79. The Kier molecular flexibility index (Phi) is 6.84. The molecule has 0 aromatic heterocycles. The molecule has 1 saturated heterocycles. The summed E-state index contributed by atoms with van der Waals surface area (Å²) in [5.41, 5.74) is 0.662. The van der Waals surface area contributed by atoms with Crippen LogP contribution in [0.15, 0.2) is 29.7 Å².